The number of carbonyl (C=O) groups excluding carboxylic acids is 7. The van der Waals surface area contributed by atoms with Crippen LogP contribution in [0.25, 0.3) is 5.57 Å². The molecule has 1 aliphatic rings. The highest BCUT2D eigenvalue weighted by Gasteiger charge is 2.46. The lowest BCUT2D eigenvalue weighted by Crippen LogP contribution is -2.40. The molecule has 4 aromatic carbocycles. The first-order valence-corrected chi connectivity index (χ1v) is 27.1. The van der Waals surface area contributed by atoms with Crippen molar-refractivity contribution in [2.75, 3.05) is 54.0 Å². The van der Waals surface area contributed by atoms with E-state index in [-0.39, 0.29) is 39.3 Å². The van der Waals surface area contributed by atoms with E-state index in [4.69, 9.17) is 33.2 Å². The van der Waals surface area contributed by atoms with Crippen LogP contribution in [0.2, 0.25) is 0 Å². The van der Waals surface area contributed by atoms with E-state index < -0.39 is 81.0 Å². The van der Waals surface area contributed by atoms with Crippen LogP contribution in [0.5, 0.6) is 0 Å². The van der Waals surface area contributed by atoms with Gasteiger partial charge in [-0.05, 0) is 190 Å². The molecule has 0 bridgehead atoms. The Hall–Kier alpha value is -7.69. The predicted octanol–water partition coefficient (Wildman–Crippen LogP) is 10.7. The summed E-state index contributed by atoms with van der Waals surface area (Å²) in [4.78, 5) is 99.0. The van der Waals surface area contributed by atoms with Crippen LogP contribution < -0.4 is 14.7 Å². The van der Waals surface area contributed by atoms with Crippen LogP contribution >= 0.6 is 0 Å². The second-order valence-electron chi connectivity index (χ2n) is 26.0. The molecule has 0 amide bonds. The highest BCUT2D eigenvalue weighted by Crippen LogP contribution is 2.46. The molecule has 17 nitrogen and oxygen atoms in total. The number of anilines is 3. The van der Waals surface area contributed by atoms with Crippen molar-refractivity contribution in [1.29, 1.82) is 0 Å². The third kappa shape index (κ3) is 20.1. The molecule has 0 spiro atoms. The van der Waals surface area contributed by atoms with Gasteiger partial charge in [0.2, 0.25) is 0 Å². The molecule has 1 aliphatic heterocycles. The van der Waals surface area contributed by atoms with Crippen LogP contribution in [0.3, 0.4) is 0 Å². The first kappa shape index (κ1) is 64.1. The zero-order chi connectivity index (χ0) is 60.7. The Morgan fingerprint density at radius 3 is 0.926 bits per heavy atom. The molecule has 0 radical (unpaired) electrons. The van der Waals surface area contributed by atoms with E-state index in [1.165, 1.54) is 0 Å². The number of benzene rings is 4. The molecule has 0 aliphatic carbocycles. The van der Waals surface area contributed by atoms with Crippen molar-refractivity contribution < 1.29 is 66.7 Å². The highest BCUT2D eigenvalue weighted by atomic mass is 16.6. The molecule has 1 heterocycles. The lowest BCUT2D eigenvalue weighted by atomic mass is 9.81. The zero-order valence-corrected chi connectivity index (χ0v) is 50.6. The number of hydrogen-bond acceptors (Lipinski definition) is 17. The van der Waals surface area contributed by atoms with Gasteiger partial charge in [-0.15, -0.1) is 0 Å². The van der Waals surface area contributed by atoms with Gasteiger partial charge in [0.25, 0.3) is 0 Å². The largest absolute Gasteiger partial charge is 0.459 e. The standard InChI is InChI=1S/C64H83N3O14/c1-58(2,3)75-51(68)36-65(37-52(69)76-59(4,5)6)45-29-23-42(24-30-45)49(43-25-31-46(32-26-43)66(38-53(70)77-60(7,8)9)39-54(71)78-61(10,11)12)35-64(50-22-20-19-21-48(50)57(74)81-64)44-27-33-47(34-28-44)67(40-55(72)79-62(13,14)15)41-56(73)80-63(16,17)18/h19-35H,36-41H2,1-18H3. The lowest BCUT2D eigenvalue weighted by Gasteiger charge is -2.30. The molecule has 1 atom stereocenters. The molecule has 0 N–H and O–H groups in total. The Balaban J connectivity index is 1.74. The zero-order valence-electron chi connectivity index (χ0n) is 50.6. The number of ether oxygens (including phenoxy) is 7. The van der Waals surface area contributed by atoms with E-state index in [1.54, 1.807) is 206 Å². The van der Waals surface area contributed by atoms with E-state index in [2.05, 4.69) is 0 Å². The molecule has 0 saturated heterocycles. The maximum absolute atomic E-state index is 14.2. The van der Waals surface area contributed by atoms with Gasteiger partial charge in [0.05, 0.1) is 5.56 Å². The molecule has 1 unspecified atom stereocenters. The summed E-state index contributed by atoms with van der Waals surface area (Å²) in [6.07, 6.45) is 1.84. The Kier molecular flexibility index (Phi) is 19.8. The van der Waals surface area contributed by atoms with Crippen molar-refractivity contribution in [2.24, 2.45) is 0 Å². The summed E-state index contributed by atoms with van der Waals surface area (Å²) in [7, 11) is 0. The van der Waals surface area contributed by atoms with Crippen molar-refractivity contribution in [3.8, 4) is 0 Å². The van der Waals surface area contributed by atoms with Gasteiger partial charge in [-0.1, -0.05) is 54.6 Å². The van der Waals surface area contributed by atoms with Crippen molar-refractivity contribution in [3.63, 3.8) is 0 Å². The van der Waals surface area contributed by atoms with E-state index in [9.17, 15) is 33.6 Å². The summed E-state index contributed by atoms with van der Waals surface area (Å²) >= 11 is 0. The fourth-order valence-electron chi connectivity index (χ4n) is 8.70. The summed E-state index contributed by atoms with van der Waals surface area (Å²) in [6.45, 7) is 29.9. The first-order valence-electron chi connectivity index (χ1n) is 27.1. The number of esters is 7. The monoisotopic (exact) mass is 1120 g/mol. The van der Waals surface area contributed by atoms with Gasteiger partial charge >= 0.3 is 41.8 Å². The minimum absolute atomic E-state index is 0.276. The minimum atomic E-state index is -1.61. The van der Waals surface area contributed by atoms with Crippen LogP contribution in [0.1, 0.15) is 157 Å². The topological polar surface area (TPSA) is 194 Å². The Bertz CT molecular complexity index is 2740. The van der Waals surface area contributed by atoms with E-state index in [0.29, 0.717) is 50.5 Å². The average Bonchev–Trinajstić information content (AvgIpc) is 3.72. The van der Waals surface area contributed by atoms with E-state index in [1.807, 2.05) is 36.4 Å². The fraction of sp³-hybridized carbons (Fsp3) is 0.484. The molecule has 17 heteroatoms. The second-order valence-corrected chi connectivity index (χ2v) is 26.0. The van der Waals surface area contributed by atoms with Gasteiger partial charge in [0, 0.05) is 28.2 Å². The molecule has 81 heavy (non-hydrogen) atoms. The second kappa shape index (κ2) is 25.0. The smallest absolute Gasteiger partial charge is 0.340 e. The lowest BCUT2D eigenvalue weighted by molar-refractivity contribution is -0.156. The van der Waals surface area contributed by atoms with E-state index >= 15 is 0 Å². The molecule has 4 aromatic rings. The highest BCUT2D eigenvalue weighted by molar-refractivity contribution is 5.97. The summed E-state index contributed by atoms with van der Waals surface area (Å²) in [5, 5.41) is 0. The average molecular weight is 1120 g/mol. The van der Waals surface area contributed by atoms with Gasteiger partial charge in [-0.3, -0.25) is 28.8 Å². The maximum Gasteiger partial charge on any atom is 0.340 e. The SMILES string of the molecule is CC(C)(C)OC(=O)CN(CC(=O)OC(C)(C)C)c1ccc(C(=CC2(c3ccc(N(CC(=O)OC(C)(C)C)CC(=O)OC(C)(C)C)cc3)OC(=O)c3ccccc32)c2ccc(N(CC(=O)OC(C)(C)C)CC(=O)OC(C)(C)C)cc2)cc1. The van der Waals surface area contributed by atoms with Crippen LogP contribution in [0.15, 0.2) is 103 Å². The van der Waals surface area contributed by atoms with Crippen molar-refractivity contribution in [1.82, 2.24) is 0 Å². The summed E-state index contributed by atoms with van der Waals surface area (Å²) in [5.74, 6) is -3.96. The van der Waals surface area contributed by atoms with Crippen LogP contribution in [-0.2, 0) is 67.5 Å². The van der Waals surface area contributed by atoms with Crippen molar-refractivity contribution in [3.05, 3.63) is 131 Å². The summed E-state index contributed by atoms with van der Waals surface area (Å²) in [5.41, 5.74) is -1.81. The van der Waals surface area contributed by atoms with Gasteiger partial charge in [-0.2, -0.15) is 0 Å². The minimum Gasteiger partial charge on any atom is -0.459 e. The molecule has 0 fully saturated rings. The number of cyclic esters (lactones) is 1. The van der Waals surface area contributed by atoms with Crippen molar-refractivity contribution >= 4 is 64.4 Å². The van der Waals surface area contributed by atoms with Gasteiger partial charge in [-0.25, -0.2) is 4.79 Å². The summed E-state index contributed by atoms with van der Waals surface area (Å²) in [6, 6.07) is 28.3. The number of hydrogen-bond donors (Lipinski definition) is 0. The number of fused-ring (bicyclic) bond motifs is 1. The van der Waals surface area contributed by atoms with Crippen LogP contribution in [0, 0.1) is 0 Å². The number of rotatable bonds is 19. The van der Waals surface area contributed by atoms with Crippen LogP contribution in [-0.4, -0.2) is 115 Å². The van der Waals surface area contributed by atoms with Gasteiger partial charge in [0.15, 0.2) is 5.60 Å². The third-order valence-electron chi connectivity index (χ3n) is 11.3. The van der Waals surface area contributed by atoms with Gasteiger partial charge in [0.1, 0.15) is 72.9 Å². The molecule has 5 rings (SSSR count). The predicted molar refractivity (Wildman–Crippen MR) is 311 cm³/mol. The van der Waals surface area contributed by atoms with Crippen molar-refractivity contribution in [2.45, 2.75) is 164 Å². The summed E-state index contributed by atoms with van der Waals surface area (Å²) < 4.78 is 40.6. The Morgan fingerprint density at radius 2 is 0.654 bits per heavy atom. The van der Waals surface area contributed by atoms with Crippen LogP contribution in [0.4, 0.5) is 17.1 Å². The molecule has 0 saturated carbocycles. The molecule has 0 aromatic heterocycles. The van der Waals surface area contributed by atoms with Gasteiger partial charge < -0.3 is 47.9 Å². The first-order chi connectivity index (χ1) is 37.2. The Morgan fingerprint density at radius 1 is 0.395 bits per heavy atom. The maximum atomic E-state index is 14.2. The van der Waals surface area contributed by atoms with E-state index in [0.717, 1.165) is 0 Å². The molecular formula is C64H83N3O14. The molecular weight excluding hydrogens is 1030 g/mol. The number of carbonyl (C=O) groups is 7. The third-order valence-corrected chi connectivity index (χ3v) is 11.3. The quantitative estimate of drug-likeness (QED) is 0.0635. The normalized spacial score (nSPS) is 14.6. The Labute approximate surface area is 478 Å². The fourth-order valence-corrected chi connectivity index (χ4v) is 8.70. The number of nitrogens with zero attached hydrogens (tertiary/aromatic N) is 3. The molecule has 438 valence electrons.